The van der Waals surface area contributed by atoms with Gasteiger partial charge in [0, 0.05) is 0 Å². The predicted molar refractivity (Wildman–Crippen MR) is 77.2 cm³/mol. The van der Waals surface area contributed by atoms with E-state index in [1.165, 1.54) is 16.7 Å². The highest BCUT2D eigenvalue weighted by molar-refractivity contribution is 5.67. The second kappa shape index (κ2) is 6.05. The Bertz CT molecular complexity index is 435. The highest BCUT2D eigenvalue weighted by atomic mass is 16.5. The summed E-state index contributed by atoms with van der Waals surface area (Å²) in [5, 5.41) is 3.43. The lowest BCUT2D eigenvalue weighted by Crippen LogP contribution is -2.13. The maximum Gasteiger partial charge on any atom is 0.122 e. The molecule has 1 aromatic carbocycles. The SMILES string of the molecule is COc1ccc(C2=CCCNCC2)cc1C(C)C. The zero-order valence-electron chi connectivity index (χ0n) is 11.6. The van der Waals surface area contributed by atoms with Crippen LogP contribution in [-0.2, 0) is 0 Å². The monoisotopic (exact) mass is 245 g/mol. The van der Waals surface area contributed by atoms with Crippen molar-refractivity contribution in [3.05, 3.63) is 35.4 Å². The Kier molecular flexibility index (Phi) is 4.43. The van der Waals surface area contributed by atoms with Crippen LogP contribution in [0.5, 0.6) is 5.75 Å². The van der Waals surface area contributed by atoms with E-state index in [1.807, 2.05) is 0 Å². The van der Waals surface area contributed by atoms with Crippen LogP contribution in [0.1, 0.15) is 43.7 Å². The van der Waals surface area contributed by atoms with Gasteiger partial charge in [0.25, 0.3) is 0 Å². The molecule has 0 amide bonds. The smallest absolute Gasteiger partial charge is 0.122 e. The molecule has 0 radical (unpaired) electrons. The minimum absolute atomic E-state index is 0.490. The molecule has 1 aliphatic rings. The summed E-state index contributed by atoms with van der Waals surface area (Å²) in [6.07, 6.45) is 4.61. The van der Waals surface area contributed by atoms with E-state index in [2.05, 4.69) is 43.4 Å². The molecular formula is C16H23NO. The van der Waals surface area contributed by atoms with E-state index in [-0.39, 0.29) is 0 Å². The van der Waals surface area contributed by atoms with Crippen molar-refractivity contribution >= 4 is 5.57 Å². The second-order valence-electron chi connectivity index (χ2n) is 5.13. The van der Waals surface area contributed by atoms with Gasteiger partial charge in [-0.05, 0) is 60.7 Å². The first-order valence-electron chi connectivity index (χ1n) is 6.80. The molecule has 1 N–H and O–H groups in total. The van der Waals surface area contributed by atoms with Crippen LogP contribution in [-0.4, -0.2) is 20.2 Å². The maximum absolute atomic E-state index is 5.44. The van der Waals surface area contributed by atoms with Crippen LogP contribution in [0, 0.1) is 0 Å². The number of hydrogen-bond donors (Lipinski definition) is 1. The summed E-state index contributed by atoms with van der Waals surface area (Å²) in [5.41, 5.74) is 4.11. The van der Waals surface area contributed by atoms with E-state index in [4.69, 9.17) is 4.74 Å². The Balaban J connectivity index is 2.33. The van der Waals surface area contributed by atoms with Gasteiger partial charge < -0.3 is 10.1 Å². The quantitative estimate of drug-likeness (QED) is 0.878. The molecule has 18 heavy (non-hydrogen) atoms. The maximum atomic E-state index is 5.44. The predicted octanol–water partition coefficient (Wildman–Crippen LogP) is 3.59. The third-order valence-electron chi connectivity index (χ3n) is 3.51. The van der Waals surface area contributed by atoms with Crippen LogP contribution in [0.3, 0.4) is 0 Å². The fraction of sp³-hybridized carbons (Fsp3) is 0.500. The second-order valence-corrected chi connectivity index (χ2v) is 5.13. The van der Waals surface area contributed by atoms with Crippen molar-refractivity contribution in [1.82, 2.24) is 5.32 Å². The zero-order chi connectivity index (χ0) is 13.0. The van der Waals surface area contributed by atoms with E-state index >= 15 is 0 Å². The number of hydrogen-bond acceptors (Lipinski definition) is 2. The van der Waals surface area contributed by atoms with Crippen molar-refractivity contribution in [1.29, 1.82) is 0 Å². The van der Waals surface area contributed by atoms with Crippen LogP contribution in [0.15, 0.2) is 24.3 Å². The standard InChI is InChI=1S/C16H23NO/c1-12(2)15-11-14(6-7-16(15)18-3)13-5-4-9-17-10-8-13/h5-7,11-12,17H,4,8-10H2,1-3H3. The van der Waals surface area contributed by atoms with Crippen molar-refractivity contribution < 1.29 is 4.74 Å². The molecule has 1 aromatic rings. The zero-order valence-corrected chi connectivity index (χ0v) is 11.6. The van der Waals surface area contributed by atoms with Gasteiger partial charge in [0.2, 0.25) is 0 Å². The number of nitrogens with one attached hydrogen (secondary N) is 1. The molecule has 1 aliphatic heterocycles. The third kappa shape index (κ3) is 2.94. The lowest BCUT2D eigenvalue weighted by molar-refractivity contribution is 0.407. The number of rotatable bonds is 3. The van der Waals surface area contributed by atoms with Gasteiger partial charge in [-0.1, -0.05) is 26.0 Å². The summed E-state index contributed by atoms with van der Waals surface area (Å²) in [4.78, 5) is 0. The first kappa shape index (κ1) is 13.2. The summed E-state index contributed by atoms with van der Waals surface area (Å²) < 4.78 is 5.44. The van der Waals surface area contributed by atoms with Crippen LogP contribution >= 0.6 is 0 Å². The fourth-order valence-electron chi connectivity index (χ4n) is 2.45. The molecule has 0 saturated carbocycles. The van der Waals surface area contributed by atoms with Gasteiger partial charge in [-0.15, -0.1) is 0 Å². The van der Waals surface area contributed by atoms with Gasteiger partial charge in [0.1, 0.15) is 5.75 Å². The van der Waals surface area contributed by atoms with Crippen molar-refractivity contribution in [2.45, 2.75) is 32.6 Å². The summed E-state index contributed by atoms with van der Waals surface area (Å²) in [5.74, 6) is 1.49. The van der Waals surface area contributed by atoms with Gasteiger partial charge >= 0.3 is 0 Å². The molecule has 0 spiro atoms. The first-order valence-corrected chi connectivity index (χ1v) is 6.80. The highest BCUT2D eigenvalue weighted by Gasteiger charge is 2.11. The Morgan fingerprint density at radius 1 is 1.22 bits per heavy atom. The minimum atomic E-state index is 0.490. The number of benzene rings is 1. The molecular weight excluding hydrogens is 222 g/mol. The van der Waals surface area contributed by atoms with Crippen LogP contribution in [0.4, 0.5) is 0 Å². The van der Waals surface area contributed by atoms with Crippen LogP contribution in [0.25, 0.3) is 5.57 Å². The summed E-state index contributed by atoms with van der Waals surface area (Å²) in [6, 6.07) is 6.58. The summed E-state index contributed by atoms with van der Waals surface area (Å²) in [7, 11) is 1.75. The van der Waals surface area contributed by atoms with Crippen LogP contribution in [0.2, 0.25) is 0 Å². The average Bonchev–Trinajstić information content (AvgIpc) is 2.66. The topological polar surface area (TPSA) is 21.3 Å². The van der Waals surface area contributed by atoms with Crippen LogP contribution < -0.4 is 10.1 Å². The van der Waals surface area contributed by atoms with E-state index in [9.17, 15) is 0 Å². The normalized spacial score (nSPS) is 16.3. The number of methoxy groups -OCH3 is 1. The van der Waals surface area contributed by atoms with Crippen molar-refractivity contribution in [3.8, 4) is 5.75 Å². The molecule has 0 saturated heterocycles. The Morgan fingerprint density at radius 3 is 2.78 bits per heavy atom. The van der Waals surface area contributed by atoms with Gasteiger partial charge in [-0.3, -0.25) is 0 Å². The lowest BCUT2D eigenvalue weighted by atomic mass is 9.95. The third-order valence-corrected chi connectivity index (χ3v) is 3.51. The Morgan fingerprint density at radius 2 is 2.06 bits per heavy atom. The molecule has 2 rings (SSSR count). The molecule has 0 aromatic heterocycles. The molecule has 98 valence electrons. The van der Waals surface area contributed by atoms with Gasteiger partial charge in [-0.2, -0.15) is 0 Å². The van der Waals surface area contributed by atoms with E-state index in [1.54, 1.807) is 7.11 Å². The number of ether oxygens (including phenoxy) is 1. The lowest BCUT2D eigenvalue weighted by Gasteiger charge is -2.15. The Labute approximate surface area is 110 Å². The molecule has 0 unspecified atom stereocenters. The minimum Gasteiger partial charge on any atom is -0.496 e. The summed E-state index contributed by atoms with van der Waals surface area (Å²) in [6.45, 7) is 6.60. The largest absolute Gasteiger partial charge is 0.496 e. The average molecular weight is 245 g/mol. The van der Waals surface area contributed by atoms with Gasteiger partial charge in [0.15, 0.2) is 0 Å². The molecule has 1 heterocycles. The molecule has 2 nitrogen and oxygen atoms in total. The fourth-order valence-corrected chi connectivity index (χ4v) is 2.45. The first-order chi connectivity index (χ1) is 8.72. The van der Waals surface area contributed by atoms with E-state index < -0.39 is 0 Å². The van der Waals surface area contributed by atoms with Gasteiger partial charge in [0.05, 0.1) is 7.11 Å². The highest BCUT2D eigenvalue weighted by Crippen LogP contribution is 2.31. The molecule has 0 bridgehead atoms. The van der Waals surface area contributed by atoms with Crippen molar-refractivity contribution in [3.63, 3.8) is 0 Å². The van der Waals surface area contributed by atoms with E-state index in [0.29, 0.717) is 5.92 Å². The molecule has 0 atom stereocenters. The summed E-state index contributed by atoms with van der Waals surface area (Å²) >= 11 is 0. The van der Waals surface area contributed by atoms with E-state index in [0.717, 1.165) is 31.7 Å². The molecule has 0 aliphatic carbocycles. The van der Waals surface area contributed by atoms with Gasteiger partial charge in [-0.25, -0.2) is 0 Å². The Hall–Kier alpha value is -1.28. The molecule has 2 heteroatoms. The van der Waals surface area contributed by atoms with Crippen molar-refractivity contribution in [2.75, 3.05) is 20.2 Å². The molecule has 0 fully saturated rings. The van der Waals surface area contributed by atoms with Crippen molar-refractivity contribution in [2.24, 2.45) is 0 Å².